The first-order chi connectivity index (χ1) is 19.2. The van der Waals surface area contributed by atoms with Gasteiger partial charge < -0.3 is 34.1 Å². The lowest BCUT2D eigenvalue weighted by molar-refractivity contribution is 0.0600. The summed E-state index contributed by atoms with van der Waals surface area (Å²) in [6, 6.07) is 17.4. The van der Waals surface area contributed by atoms with E-state index >= 15 is 0 Å². The molecule has 1 amide bonds. The highest BCUT2D eigenvalue weighted by molar-refractivity contribution is 6.22. The summed E-state index contributed by atoms with van der Waals surface area (Å²) in [5.41, 5.74) is 3.63. The number of aromatic amines is 1. The molecule has 1 aliphatic heterocycles. The molecule has 2 heterocycles. The van der Waals surface area contributed by atoms with Crippen LogP contribution in [0.15, 0.2) is 65.7 Å². The van der Waals surface area contributed by atoms with Crippen molar-refractivity contribution in [2.45, 2.75) is 0 Å². The lowest BCUT2D eigenvalue weighted by Crippen LogP contribution is -2.33. The fourth-order valence-corrected chi connectivity index (χ4v) is 4.46. The minimum Gasteiger partial charge on any atom is -0.494 e. The number of hydrogen-bond acceptors (Lipinski definition) is 8. The summed E-state index contributed by atoms with van der Waals surface area (Å²) in [6.45, 7) is 1.49. The maximum atomic E-state index is 12.9. The Kier molecular flexibility index (Phi) is 7.43. The van der Waals surface area contributed by atoms with Crippen LogP contribution in [0, 0.1) is 0 Å². The zero-order chi connectivity index (χ0) is 28.4. The summed E-state index contributed by atoms with van der Waals surface area (Å²) in [6.07, 6.45) is 0. The molecule has 0 aliphatic carbocycles. The molecular weight excluding hydrogens is 512 g/mol. The van der Waals surface area contributed by atoms with Gasteiger partial charge in [-0.05, 0) is 68.7 Å². The molecule has 0 saturated carbocycles. The number of likely N-dealkylation sites (N-methyl/N-ethyl adjacent to an activating group) is 2. The third-order valence-electron chi connectivity index (χ3n) is 6.67. The molecule has 206 valence electrons. The zero-order valence-corrected chi connectivity index (χ0v) is 22.7. The van der Waals surface area contributed by atoms with Crippen LogP contribution >= 0.6 is 0 Å². The molecule has 1 aliphatic rings. The molecule has 0 radical (unpaired) electrons. The van der Waals surface area contributed by atoms with Gasteiger partial charge in [0.05, 0.1) is 29.6 Å². The summed E-state index contributed by atoms with van der Waals surface area (Å²) in [4.78, 5) is 36.5. The monoisotopic (exact) mass is 542 g/mol. The second-order valence-corrected chi connectivity index (χ2v) is 9.71. The molecule has 0 atom stereocenters. The quantitative estimate of drug-likeness (QED) is 0.253. The van der Waals surface area contributed by atoms with Gasteiger partial charge in [0, 0.05) is 42.2 Å². The molecule has 10 nitrogen and oxygen atoms in total. The molecule has 2 N–H and O–H groups in total. The van der Waals surface area contributed by atoms with E-state index in [4.69, 9.17) is 19.2 Å². The second kappa shape index (κ2) is 11.1. The van der Waals surface area contributed by atoms with E-state index in [9.17, 15) is 14.7 Å². The van der Waals surface area contributed by atoms with Gasteiger partial charge in [-0.3, -0.25) is 4.79 Å². The molecule has 4 aromatic rings. The molecule has 0 unspecified atom stereocenters. The first-order valence-corrected chi connectivity index (χ1v) is 12.7. The highest BCUT2D eigenvalue weighted by atomic mass is 16.7. The number of ether oxygens (including phenoxy) is 3. The van der Waals surface area contributed by atoms with Crippen LogP contribution in [0.25, 0.3) is 10.9 Å². The third kappa shape index (κ3) is 5.34. The van der Waals surface area contributed by atoms with E-state index in [2.05, 4.69) is 4.98 Å². The number of nitrogens with one attached hydrogen (secondary N) is 1. The van der Waals surface area contributed by atoms with E-state index in [0.29, 0.717) is 62.6 Å². The standard InChI is InChI=1S/C30H30N4O6/c1-33(2)13-14-34(3)29(36)18-5-9-21(10-6-18)31-27(19-8-12-24-25(16-19)40-17-39-24)26-22-11-7-20(30(37)38-4)15-23(22)32-28(26)35/h5-12,15-16,32,35H,13-14,17H2,1-4H3. The predicted octanol–water partition coefficient (Wildman–Crippen LogP) is 4.19. The summed E-state index contributed by atoms with van der Waals surface area (Å²) in [5, 5.41) is 11.7. The Labute approximate surface area is 231 Å². The Balaban J connectivity index is 1.56. The van der Waals surface area contributed by atoms with Gasteiger partial charge in [0.2, 0.25) is 6.79 Å². The first-order valence-electron chi connectivity index (χ1n) is 12.7. The van der Waals surface area contributed by atoms with E-state index < -0.39 is 5.97 Å². The van der Waals surface area contributed by atoms with Gasteiger partial charge in [-0.15, -0.1) is 0 Å². The van der Waals surface area contributed by atoms with Crippen LogP contribution in [0.3, 0.4) is 0 Å². The average Bonchev–Trinajstić information content (AvgIpc) is 3.56. The van der Waals surface area contributed by atoms with Crippen molar-refractivity contribution in [3.63, 3.8) is 0 Å². The van der Waals surface area contributed by atoms with Gasteiger partial charge in [0.25, 0.3) is 5.91 Å². The van der Waals surface area contributed by atoms with Gasteiger partial charge in [-0.1, -0.05) is 6.07 Å². The van der Waals surface area contributed by atoms with Crippen molar-refractivity contribution in [1.82, 2.24) is 14.8 Å². The maximum absolute atomic E-state index is 12.9. The molecular formula is C30H30N4O6. The molecule has 0 bridgehead atoms. The van der Waals surface area contributed by atoms with Crippen LogP contribution in [0.1, 0.15) is 31.8 Å². The number of rotatable bonds is 8. The summed E-state index contributed by atoms with van der Waals surface area (Å²) in [7, 11) is 7.02. The Morgan fingerprint density at radius 2 is 1.62 bits per heavy atom. The summed E-state index contributed by atoms with van der Waals surface area (Å²) < 4.78 is 15.9. The average molecular weight is 543 g/mol. The number of carbonyl (C=O) groups excluding carboxylic acids is 2. The molecule has 5 rings (SSSR count). The summed E-state index contributed by atoms with van der Waals surface area (Å²) >= 11 is 0. The number of aromatic hydroxyl groups is 1. The van der Waals surface area contributed by atoms with Crippen LogP contribution in [0.4, 0.5) is 5.69 Å². The number of esters is 1. The van der Waals surface area contributed by atoms with Crippen LogP contribution in [-0.2, 0) is 4.74 Å². The first kappa shape index (κ1) is 26.8. The van der Waals surface area contributed by atoms with Crippen LogP contribution in [0.5, 0.6) is 17.4 Å². The number of methoxy groups -OCH3 is 1. The van der Waals surface area contributed by atoms with E-state index in [1.165, 1.54) is 7.11 Å². The van der Waals surface area contributed by atoms with Crippen LogP contribution in [0.2, 0.25) is 0 Å². The fraction of sp³-hybridized carbons (Fsp3) is 0.233. The minimum atomic E-state index is -0.482. The fourth-order valence-electron chi connectivity index (χ4n) is 4.46. The van der Waals surface area contributed by atoms with Crippen LogP contribution < -0.4 is 9.47 Å². The highest BCUT2D eigenvalue weighted by Crippen LogP contribution is 2.37. The van der Waals surface area contributed by atoms with Crippen molar-refractivity contribution in [2.75, 3.05) is 48.1 Å². The number of carbonyl (C=O) groups is 2. The van der Waals surface area contributed by atoms with Crippen molar-refractivity contribution in [1.29, 1.82) is 0 Å². The molecule has 0 spiro atoms. The second-order valence-electron chi connectivity index (χ2n) is 9.71. The Bertz CT molecular complexity index is 1610. The molecule has 3 aromatic carbocycles. The topological polar surface area (TPSA) is 117 Å². The lowest BCUT2D eigenvalue weighted by atomic mass is 9.99. The van der Waals surface area contributed by atoms with E-state index in [-0.39, 0.29) is 18.6 Å². The van der Waals surface area contributed by atoms with Crippen molar-refractivity contribution in [3.05, 3.63) is 82.9 Å². The van der Waals surface area contributed by atoms with E-state index in [1.54, 1.807) is 66.5 Å². The smallest absolute Gasteiger partial charge is 0.337 e. The number of fused-ring (bicyclic) bond motifs is 2. The molecule has 0 saturated heterocycles. The number of aromatic nitrogens is 1. The lowest BCUT2D eigenvalue weighted by Gasteiger charge is -2.19. The van der Waals surface area contributed by atoms with Crippen molar-refractivity contribution in [2.24, 2.45) is 4.99 Å². The number of aliphatic imine (C=N–C) groups is 1. The Morgan fingerprint density at radius 1 is 0.925 bits per heavy atom. The Morgan fingerprint density at radius 3 is 2.35 bits per heavy atom. The van der Waals surface area contributed by atoms with Gasteiger partial charge >= 0.3 is 5.97 Å². The predicted molar refractivity (Wildman–Crippen MR) is 151 cm³/mol. The molecule has 10 heteroatoms. The van der Waals surface area contributed by atoms with Gasteiger partial charge in [-0.25, -0.2) is 9.79 Å². The van der Waals surface area contributed by atoms with E-state index in [1.807, 2.05) is 25.1 Å². The minimum absolute atomic E-state index is 0.0796. The number of nitrogens with zero attached hydrogens (tertiary/aromatic N) is 3. The summed E-state index contributed by atoms with van der Waals surface area (Å²) in [5.74, 6) is 0.519. The van der Waals surface area contributed by atoms with Crippen molar-refractivity contribution < 1.29 is 28.9 Å². The SMILES string of the molecule is COC(=O)c1ccc2c(C(=Nc3ccc(C(=O)N(C)CCN(C)C)cc3)c3ccc4c(c3)OCO4)c(O)[nH]c2c1. The Hall–Kier alpha value is -4.83. The van der Waals surface area contributed by atoms with Crippen LogP contribution in [-0.4, -0.2) is 85.6 Å². The number of amides is 1. The third-order valence-corrected chi connectivity index (χ3v) is 6.67. The van der Waals surface area contributed by atoms with Gasteiger partial charge in [0.15, 0.2) is 17.4 Å². The maximum Gasteiger partial charge on any atom is 0.337 e. The molecule has 0 fully saturated rings. The van der Waals surface area contributed by atoms with E-state index in [0.717, 1.165) is 6.54 Å². The van der Waals surface area contributed by atoms with Gasteiger partial charge in [-0.2, -0.15) is 0 Å². The normalized spacial score (nSPS) is 12.7. The zero-order valence-electron chi connectivity index (χ0n) is 22.7. The van der Waals surface area contributed by atoms with Gasteiger partial charge in [0.1, 0.15) is 0 Å². The number of benzene rings is 3. The number of hydrogen-bond donors (Lipinski definition) is 2. The molecule has 40 heavy (non-hydrogen) atoms. The largest absolute Gasteiger partial charge is 0.494 e. The number of H-pyrrole nitrogens is 1. The van der Waals surface area contributed by atoms with Crippen molar-refractivity contribution >= 4 is 34.2 Å². The highest BCUT2D eigenvalue weighted by Gasteiger charge is 2.23. The molecule has 1 aromatic heterocycles. The van der Waals surface area contributed by atoms with Crippen molar-refractivity contribution in [3.8, 4) is 17.4 Å².